The second kappa shape index (κ2) is 9.50. The van der Waals surface area contributed by atoms with Crippen molar-refractivity contribution in [2.75, 3.05) is 13.2 Å². The van der Waals surface area contributed by atoms with E-state index in [1.807, 2.05) is 39.8 Å². The van der Waals surface area contributed by atoms with Crippen LogP contribution in [0, 0.1) is 13.8 Å². The molecule has 3 aromatic rings. The molecule has 6 nitrogen and oxygen atoms in total. The van der Waals surface area contributed by atoms with Gasteiger partial charge in [0.1, 0.15) is 5.56 Å². The standard InChI is InChI=1S/C22H27BrN4O2/c1-14(2)29-10-6-9-24-22(28)20-13-25-27-16(4)19(15(3)26-21(20)27)12-17-7-5-8-18(23)11-17/h5,7-8,11,13-14H,6,9-10,12H2,1-4H3,(H,24,28). The SMILES string of the molecule is Cc1nc2c(C(=O)NCCCOC(C)C)cnn2c(C)c1Cc1cccc(Br)c1. The quantitative estimate of drug-likeness (QED) is 0.512. The maximum atomic E-state index is 12.6. The number of amides is 1. The number of nitrogens with zero attached hydrogens (tertiary/aromatic N) is 3. The molecule has 3 rings (SSSR count). The van der Waals surface area contributed by atoms with E-state index in [0.29, 0.717) is 24.4 Å². The Morgan fingerprint density at radius 3 is 2.83 bits per heavy atom. The van der Waals surface area contributed by atoms with E-state index in [9.17, 15) is 4.79 Å². The van der Waals surface area contributed by atoms with Crippen LogP contribution in [-0.4, -0.2) is 39.8 Å². The molecule has 29 heavy (non-hydrogen) atoms. The number of aryl methyl sites for hydroxylation is 2. The van der Waals surface area contributed by atoms with Gasteiger partial charge in [0.25, 0.3) is 5.91 Å². The number of aromatic nitrogens is 3. The van der Waals surface area contributed by atoms with Crippen LogP contribution in [0.5, 0.6) is 0 Å². The Labute approximate surface area is 179 Å². The Kier molecular flexibility index (Phi) is 7.03. The molecular weight excluding hydrogens is 432 g/mol. The molecule has 0 aliphatic heterocycles. The molecule has 0 saturated heterocycles. The van der Waals surface area contributed by atoms with Crippen molar-refractivity contribution in [1.29, 1.82) is 0 Å². The maximum absolute atomic E-state index is 12.6. The summed E-state index contributed by atoms with van der Waals surface area (Å²) >= 11 is 3.52. The first-order valence-electron chi connectivity index (χ1n) is 9.85. The van der Waals surface area contributed by atoms with Crippen LogP contribution in [-0.2, 0) is 11.2 Å². The normalized spacial score (nSPS) is 11.4. The molecule has 1 amide bonds. The molecule has 2 aromatic heterocycles. The lowest BCUT2D eigenvalue weighted by molar-refractivity contribution is 0.0757. The van der Waals surface area contributed by atoms with E-state index < -0.39 is 0 Å². The molecule has 154 valence electrons. The fourth-order valence-corrected chi connectivity index (χ4v) is 3.71. The molecule has 0 bridgehead atoms. The van der Waals surface area contributed by atoms with E-state index in [1.165, 1.54) is 5.56 Å². The molecule has 2 heterocycles. The Morgan fingerprint density at radius 2 is 2.10 bits per heavy atom. The third-order valence-electron chi connectivity index (χ3n) is 4.78. The summed E-state index contributed by atoms with van der Waals surface area (Å²) in [5, 5.41) is 7.36. The predicted molar refractivity (Wildman–Crippen MR) is 117 cm³/mol. The van der Waals surface area contributed by atoms with Crippen molar-refractivity contribution in [2.24, 2.45) is 0 Å². The molecule has 0 atom stereocenters. The van der Waals surface area contributed by atoms with E-state index in [4.69, 9.17) is 9.72 Å². The van der Waals surface area contributed by atoms with Crippen LogP contribution >= 0.6 is 15.9 Å². The van der Waals surface area contributed by atoms with Crippen molar-refractivity contribution >= 4 is 27.5 Å². The summed E-state index contributed by atoms with van der Waals surface area (Å²) in [5.74, 6) is -0.157. The number of hydrogen-bond donors (Lipinski definition) is 1. The number of rotatable bonds is 8. The number of ether oxygens (including phenoxy) is 1. The van der Waals surface area contributed by atoms with Crippen LogP contribution in [0.25, 0.3) is 5.65 Å². The van der Waals surface area contributed by atoms with Crippen LogP contribution in [0.1, 0.15) is 53.1 Å². The predicted octanol–water partition coefficient (Wildman–Crippen LogP) is 4.24. The highest BCUT2D eigenvalue weighted by Crippen LogP contribution is 2.22. The highest BCUT2D eigenvalue weighted by atomic mass is 79.9. The summed E-state index contributed by atoms with van der Waals surface area (Å²) in [5.41, 5.74) is 5.31. The number of carbonyl (C=O) groups is 1. The second-order valence-electron chi connectivity index (χ2n) is 7.39. The van der Waals surface area contributed by atoms with Crippen molar-refractivity contribution < 1.29 is 9.53 Å². The summed E-state index contributed by atoms with van der Waals surface area (Å²) in [6.45, 7) is 9.19. The van der Waals surface area contributed by atoms with E-state index >= 15 is 0 Å². The van der Waals surface area contributed by atoms with Crippen LogP contribution < -0.4 is 5.32 Å². The van der Waals surface area contributed by atoms with Crippen molar-refractivity contribution in [3.8, 4) is 0 Å². The molecule has 0 aliphatic carbocycles. The molecule has 0 radical (unpaired) electrons. The number of hydrogen-bond acceptors (Lipinski definition) is 4. The number of benzene rings is 1. The van der Waals surface area contributed by atoms with E-state index in [1.54, 1.807) is 10.7 Å². The zero-order valence-electron chi connectivity index (χ0n) is 17.3. The molecular formula is C22H27BrN4O2. The average molecular weight is 459 g/mol. The van der Waals surface area contributed by atoms with Crippen molar-refractivity contribution in [3.05, 3.63) is 63.0 Å². The molecule has 0 spiro atoms. The first-order chi connectivity index (χ1) is 13.9. The van der Waals surface area contributed by atoms with Crippen LogP contribution in [0.2, 0.25) is 0 Å². The second-order valence-corrected chi connectivity index (χ2v) is 8.31. The van der Waals surface area contributed by atoms with Gasteiger partial charge in [-0.1, -0.05) is 28.1 Å². The van der Waals surface area contributed by atoms with Gasteiger partial charge in [0.15, 0.2) is 5.65 Å². The lowest BCUT2D eigenvalue weighted by Gasteiger charge is -2.12. The van der Waals surface area contributed by atoms with Crippen molar-refractivity contribution in [3.63, 3.8) is 0 Å². The van der Waals surface area contributed by atoms with Crippen LogP contribution in [0.3, 0.4) is 0 Å². The van der Waals surface area contributed by atoms with Crippen molar-refractivity contribution in [1.82, 2.24) is 19.9 Å². The van der Waals surface area contributed by atoms with E-state index in [-0.39, 0.29) is 12.0 Å². The van der Waals surface area contributed by atoms with Gasteiger partial charge in [-0.2, -0.15) is 5.10 Å². The monoisotopic (exact) mass is 458 g/mol. The molecule has 0 fully saturated rings. The summed E-state index contributed by atoms with van der Waals surface area (Å²) < 4.78 is 8.32. The van der Waals surface area contributed by atoms with Gasteiger partial charge in [0, 0.05) is 35.4 Å². The molecule has 1 N–H and O–H groups in total. The molecule has 0 saturated carbocycles. The van der Waals surface area contributed by atoms with E-state index in [0.717, 1.165) is 34.3 Å². The molecule has 0 aliphatic rings. The lowest BCUT2D eigenvalue weighted by Crippen LogP contribution is -2.25. The fourth-order valence-electron chi connectivity index (χ4n) is 3.27. The third kappa shape index (κ3) is 5.22. The first-order valence-corrected chi connectivity index (χ1v) is 10.6. The Morgan fingerprint density at radius 1 is 1.31 bits per heavy atom. The fraction of sp³-hybridized carbons (Fsp3) is 0.409. The van der Waals surface area contributed by atoms with Crippen LogP contribution in [0.4, 0.5) is 0 Å². The molecule has 1 aromatic carbocycles. The summed E-state index contributed by atoms with van der Waals surface area (Å²) in [4.78, 5) is 17.3. The largest absolute Gasteiger partial charge is 0.379 e. The topological polar surface area (TPSA) is 68.5 Å². The Hall–Kier alpha value is -2.25. The van der Waals surface area contributed by atoms with Gasteiger partial charge in [-0.3, -0.25) is 4.79 Å². The van der Waals surface area contributed by atoms with Gasteiger partial charge in [0.2, 0.25) is 0 Å². The van der Waals surface area contributed by atoms with Crippen LogP contribution in [0.15, 0.2) is 34.9 Å². The zero-order valence-corrected chi connectivity index (χ0v) is 18.9. The number of halogens is 1. The number of nitrogens with one attached hydrogen (secondary N) is 1. The van der Waals surface area contributed by atoms with Gasteiger partial charge < -0.3 is 10.1 Å². The molecule has 7 heteroatoms. The minimum atomic E-state index is -0.157. The summed E-state index contributed by atoms with van der Waals surface area (Å²) in [6, 6.07) is 8.24. The minimum absolute atomic E-state index is 0.157. The van der Waals surface area contributed by atoms with Gasteiger partial charge in [0.05, 0.1) is 12.3 Å². The molecule has 0 unspecified atom stereocenters. The zero-order chi connectivity index (χ0) is 21.0. The highest BCUT2D eigenvalue weighted by Gasteiger charge is 2.18. The van der Waals surface area contributed by atoms with Gasteiger partial charge in [-0.25, -0.2) is 9.50 Å². The average Bonchev–Trinajstić information content (AvgIpc) is 3.08. The number of carbonyl (C=O) groups excluding carboxylic acids is 1. The van der Waals surface area contributed by atoms with Gasteiger partial charge in [-0.15, -0.1) is 0 Å². The first kappa shape index (κ1) is 21.5. The summed E-state index contributed by atoms with van der Waals surface area (Å²) in [6.07, 6.45) is 3.33. The smallest absolute Gasteiger partial charge is 0.256 e. The van der Waals surface area contributed by atoms with Gasteiger partial charge in [-0.05, 0) is 57.4 Å². The van der Waals surface area contributed by atoms with Gasteiger partial charge >= 0.3 is 0 Å². The van der Waals surface area contributed by atoms with Crippen molar-refractivity contribution in [2.45, 2.75) is 46.6 Å². The number of fused-ring (bicyclic) bond motifs is 1. The maximum Gasteiger partial charge on any atom is 0.256 e. The lowest BCUT2D eigenvalue weighted by atomic mass is 10.0. The van der Waals surface area contributed by atoms with E-state index in [2.05, 4.69) is 38.5 Å². The summed E-state index contributed by atoms with van der Waals surface area (Å²) in [7, 11) is 0. The Bertz CT molecular complexity index is 1010. The Balaban J connectivity index is 1.78. The third-order valence-corrected chi connectivity index (χ3v) is 5.27. The minimum Gasteiger partial charge on any atom is -0.379 e. The highest BCUT2D eigenvalue weighted by molar-refractivity contribution is 9.10.